The average Bonchev–Trinajstić information content (AvgIpc) is 2.83. The van der Waals surface area contributed by atoms with Gasteiger partial charge in [-0.1, -0.05) is 60.7 Å². The summed E-state index contributed by atoms with van der Waals surface area (Å²) in [5, 5.41) is 9.07. The van der Waals surface area contributed by atoms with E-state index in [1.165, 1.54) is 5.56 Å². The van der Waals surface area contributed by atoms with E-state index in [2.05, 4.69) is 0 Å². The molecule has 0 saturated carbocycles. The van der Waals surface area contributed by atoms with E-state index in [-0.39, 0.29) is 11.5 Å². The second-order valence-electron chi connectivity index (χ2n) is 7.28. The Hall–Kier alpha value is -3.09. The Labute approximate surface area is 184 Å². The average molecular weight is 436 g/mol. The van der Waals surface area contributed by atoms with E-state index in [1.54, 1.807) is 54.0 Å². The minimum Gasteiger partial charge on any atom is -0.289 e. The highest BCUT2D eigenvalue weighted by Gasteiger charge is 2.22. The lowest BCUT2D eigenvalue weighted by atomic mass is 10.0. The van der Waals surface area contributed by atoms with Crippen LogP contribution in [0.3, 0.4) is 0 Å². The molecule has 0 aliphatic rings. The molecule has 3 aromatic rings. The fourth-order valence-corrected chi connectivity index (χ4v) is 4.69. The van der Waals surface area contributed by atoms with Crippen LogP contribution in [0.4, 0.5) is 0 Å². The molecule has 0 spiro atoms. The molecule has 6 heteroatoms. The van der Waals surface area contributed by atoms with Crippen molar-refractivity contribution in [3.63, 3.8) is 0 Å². The molecule has 3 rings (SSSR count). The third kappa shape index (κ3) is 6.44. The Kier molecular flexibility index (Phi) is 8.27. The van der Waals surface area contributed by atoms with Crippen molar-refractivity contribution in [2.24, 2.45) is 5.92 Å². The minimum absolute atomic E-state index is 0.101. The van der Waals surface area contributed by atoms with Gasteiger partial charge in [0.05, 0.1) is 16.7 Å². The standard InChI is InChI=1S/C25H25NO4S/c27-24(20-11-5-2-6-12-20)21-14-16-23(17-15-21)31(30)18-22(25(28)26-29)13-7-10-19-8-3-1-4-9-19/h1-6,8-9,11-12,14-17,22,29H,7,10,13,18H2,(H,26,28). The number of hydroxylamine groups is 1. The van der Waals surface area contributed by atoms with Gasteiger partial charge in [-0.2, -0.15) is 0 Å². The number of carbonyl (C=O) groups is 2. The maximum Gasteiger partial charge on any atom is 0.247 e. The third-order valence-electron chi connectivity index (χ3n) is 5.11. The number of amides is 1. The molecule has 1 amide bonds. The first-order valence-electron chi connectivity index (χ1n) is 10.1. The normalized spacial score (nSPS) is 12.7. The van der Waals surface area contributed by atoms with Gasteiger partial charge in [0.1, 0.15) is 0 Å². The van der Waals surface area contributed by atoms with Gasteiger partial charge in [0.15, 0.2) is 5.78 Å². The molecule has 0 aromatic heterocycles. The maximum atomic E-state index is 12.8. The molecule has 2 unspecified atom stereocenters. The molecule has 2 N–H and O–H groups in total. The van der Waals surface area contributed by atoms with Crippen molar-refractivity contribution in [3.8, 4) is 0 Å². The van der Waals surface area contributed by atoms with Gasteiger partial charge in [-0.3, -0.25) is 19.0 Å². The monoisotopic (exact) mass is 435 g/mol. The van der Waals surface area contributed by atoms with Gasteiger partial charge < -0.3 is 0 Å². The van der Waals surface area contributed by atoms with Gasteiger partial charge in [-0.15, -0.1) is 0 Å². The zero-order valence-electron chi connectivity index (χ0n) is 17.1. The van der Waals surface area contributed by atoms with Gasteiger partial charge in [-0.25, -0.2) is 5.48 Å². The van der Waals surface area contributed by atoms with Gasteiger partial charge >= 0.3 is 0 Å². The van der Waals surface area contributed by atoms with E-state index in [0.29, 0.717) is 22.4 Å². The van der Waals surface area contributed by atoms with Crippen molar-refractivity contribution in [2.45, 2.75) is 24.2 Å². The first-order chi connectivity index (χ1) is 15.1. The summed E-state index contributed by atoms with van der Waals surface area (Å²) in [5.74, 6) is -1.10. The van der Waals surface area contributed by atoms with Crippen molar-refractivity contribution in [1.82, 2.24) is 5.48 Å². The van der Waals surface area contributed by atoms with Gasteiger partial charge in [0, 0.05) is 21.8 Å². The summed E-state index contributed by atoms with van der Waals surface area (Å²) in [6, 6.07) is 25.5. The van der Waals surface area contributed by atoms with E-state index in [4.69, 9.17) is 5.21 Å². The highest BCUT2D eigenvalue weighted by molar-refractivity contribution is 7.85. The van der Waals surface area contributed by atoms with Crippen LogP contribution in [0.5, 0.6) is 0 Å². The van der Waals surface area contributed by atoms with Crippen LogP contribution in [0.2, 0.25) is 0 Å². The molecule has 0 aliphatic carbocycles. The Morgan fingerprint density at radius 2 is 1.42 bits per heavy atom. The van der Waals surface area contributed by atoms with Gasteiger partial charge in [0.25, 0.3) is 0 Å². The van der Waals surface area contributed by atoms with E-state index in [1.807, 2.05) is 36.4 Å². The van der Waals surface area contributed by atoms with Crippen molar-refractivity contribution >= 4 is 22.5 Å². The lowest BCUT2D eigenvalue weighted by Crippen LogP contribution is -2.31. The second kappa shape index (κ2) is 11.3. The van der Waals surface area contributed by atoms with Crippen molar-refractivity contribution in [1.29, 1.82) is 0 Å². The van der Waals surface area contributed by atoms with Gasteiger partial charge in [0.2, 0.25) is 5.91 Å². The van der Waals surface area contributed by atoms with E-state index >= 15 is 0 Å². The Morgan fingerprint density at radius 1 is 0.839 bits per heavy atom. The number of carbonyl (C=O) groups excluding carboxylic acids is 2. The largest absolute Gasteiger partial charge is 0.289 e. The number of benzene rings is 3. The molecular weight excluding hydrogens is 410 g/mol. The lowest BCUT2D eigenvalue weighted by molar-refractivity contribution is -0.132. The highest BCUT2D eigenvalue weighted by Crippen LogP contribution is 2.18. The van der Waals surface area contributed by atoms with Crippen LogP contribution < -0.4 is 5.48 Å². The summed E-state index contributed by atoms with van der Waals surface area (Å²) in [6.07, 6.45) is 2.06. The Balaban J connectivity index is 1.61. The van der Waals surface area contributed by atoms with Crippen molar-refractivity contribution in [2.75, 3.05) is 5.75 Å². The smallest absolute Gasteiger partial charge is 0.247 e. The summed E-state index contributed by atoms with van der Waals surface area (Å²) in [4.78, 5) is 25.1. The van der Waals surface area contributed by atoms with Crippen LogP contribution in [0, 0.1) is 5.92 Å². The SMILES string of the molecule is O=C(c1ccccc1)c1ccc(S(=O)CC(CCCc2ccccc2)C(=O)NO)cc1. The summed E-state index contributed by atoms with van der Waals surface area (Å²) < 4.78 is 12.8. The molecule has 0 bridgehead atoms. The van der Waals surface area contributed by atoms with Crippen molar-refractivity contribution < 1.29 is 19.0 Å². The van der Waals surface area contributed by atoms with Crippen LogP contribution in [-0.4, -0.2) is 26.9 Å². The Bertz CT molecular complexity index is 1020. The van der Waals surface area contributed by atoms with E-state index in [0.717, 1.165) is 12.8 Å². The molecule has 3 aromatic carbocycles. The summed E-state index contributed by atoms with van der Waals surface area (Å²) in [5.41, 5.74) is 3.97. The zero-order valence-corrected chi connectivity index (χ0v) is 17.9. The number of ketones is 1. The predicted molar refractivity (Wildman–Crippen MR) is 120 cm³/mol. The molecule has 2 atom stereocenters. The Morgan fingerprint density at radius 3 is 2.03 bits per heavy atom. The molecule has 0 saturated heterocycles. The molecular formula is C25H25NO4S. The fourth-order valence-electron chi connectivity index (χ4n) is 3.37. The van der Waals surface area contributed by atoms with Crippen molar-refractivity contribution in [3.05, 3.63) is 102 Å². The van der Waals surface area contributed by atoms with Crippen LogP contribution in [-0.2, 0) is 22.0 Å². The molecule has 5 nitrogen and oxygen atoms in total. The fraction of sp³-hybridized carbons (Fsp3) is 0.200. The molecule has 160 valence electrons. The quantitative estimate of drug-likeness (QED) is 0.284. The minimum atomic E-state index is -1.43. The number of rotatable bonds is 10. The molecule has 0 aliphatic heterocycles. The zero-order chi connectivity index (χ0) is 22.1. The lowest BCUT2D eigenvalue weighted by Gasteiger charge is -2.15. The number of aryl methyl sites for hydroxylation is 1. The summed E-state index contributed by atoms with van der Waals surface area (Å²) in [6.45, 7) is 0. The first-order valence-corrected chi connectivity index (χ1v) is 11.5. The maximum absolute atomic E-state index is 12.8. The van der Waals surface area contributed by atoms with Crippen LogP contribution in [0.1, 0.15) is 34.3 Å². The molecule has 0 radical (unpaired) electrons. The van der Waals surface area contributed by atoms with Crippen LogP contribution >= 0.6 is 0 Å². The van der Waals surface area contributed by atoms with Gasteiger partial charge in [-0.05, 0) is 49.1 Å². The summed E-state index contributed by atoms with van der Waals surface area (Å²) >= 11 is 0. The van der Waals surface area contributed by atoms with Crippen LogP contribution in [0.15, 0.2) is 89.8 Å². The predicted octanol–water partition coefficient (Wildman–Crippen LogP) is 4.17. The third-order valence-corrected chi connectivity index (χ3v) is 6.61. The van der Waals surface area contributed by atoms with E-state index < -0.39 is 22.6 Å². The highest BCUT2D eigenvalue weighted by atomic mass is 32.2. The number of hydrogen-bond acceptors (Lipinski definition) is 4. The molecule has 0 heterocycles. The molecule has 0 fully saturated rings. The number of nitrogens with one attached hydrogen (secondary N) is 1. The second-order valence-corrected chi connectivity index (χ2v) is 8.78. The topological polar surface area (TPSA) is 83.5 Å². The van der Waals surface area contributed by atoms with E-state index in [9.17, 15) is 13.8 Å². The first kappa shape index (κ1) is 22.6. The number of hydrogen-bond donors (Lipinski definition) is 2. The molecule has 31 heavy (non-hydrogen) atoms. The summed E-state index contributed by atoms with van der Waals surface area (Å²) in [7, 11) is -1.43. The van der Waals surface area contributed by atoms with Crippen LogP contribution in [0.25, 0.3) is 0 Å².